The van der Waals surface area contributed by atoms with Gasteiger partial charge >= 0.3 is 5.97 Å². The van der Waals surface area contributed by atoms with Gasteiger partial charge in [0.1, 0.15) is 0 Å². The van der Waals surface area contributed by atoms with Gasteiger partial charge in [0.25, 0.3) is 0 Å². The highest BCUT2D eigenvalue weighted by molar-refractivity contribution is 5.95. The van der Waals surface area contributed by atoms with Gasteiger partial charge in [-0.15, -0.1) is 0 Å². The molecule has 4 rings (SSSR count). The van der Waals surface area contributed by atoms with E-state index in [-0.39, 0.29) is 17.2 Å². The van der Waals surface area contributed by atoms with Crippen LogP contribution in [0, 0.1) is 12.8 Å². The molecule has 24 heavy (non-hydrogen) atoms. The predicted octanol–water partition coefficient (Wildman–Crippen LogP) is 2.31. The normalized spacial score (nSPS) is 25.0. The summed E-state index contributed by atoms with van der Waals surface area (Å²) in [7, 11) is 0. The maximum Gasteiger partial charge on any atom is 0.306 e. The lowest BCUT2D eigenvalue weighted by molar-refractivity contribution is -0.148. The fraction of sp³-hybridized carbons (Fsp3) is 0.389. The molecule has 1 aliphatic heterocycles. The first-order valence-electron chi connectivity index (χ1n) is 8.13. The average molecular weight is 325 g/mol. The van der Waals surface area contributed by atoms with Gasteiger partial charge in [-0.2, -0.15) is 5.10 Å². The SMILES string of the molecule is Cc1c2c(nn1Cc1ccccc1)NC(=O)CC21CC(C(=O)O)C1. The van der Waals surface area contributed by atoms with Crippen molar-refractivity contribution in [1.82, 2.24) is 9.78 Å². The molecule has 1 aliphatic carbocycles. The lowest BCUT2D eigenvalue weighted by atomic mass is 9.56. The van der Waals surface area contributed by atoms with Crippen LogP contribution in [0.5, 0.6) is 0 Å². The summed E-state index contributed by atoms with van der Waals surface area (Å²) in [6.45, 7) is 2.63. The van der Waals surface area contributed by atoms with Crippen molar-refractivity contribution in [2.24, 2.45) is 5.92 Å². The van der Waals surface area contributed by atoms with Crippen molar-refractivity contribution in [1.29, 1.82) is 0 Å². The highest BCUT2D eigenvalue weighted by Crippen LogP contribution is 2.55. The standard InChI is InChI=1S/C18H19N3O3/c1-11-15-16(20-21(11)10-12-5-3-2-4-6-12)19-14(22)9-18(15)7-13(8-18)17(23)24/h2-6,13H,7-10H2,1H3,(H,23,24)(H,19,20,22). The smallest absolute Gasteiger partial charge is 0.306 e. The molecule has 0 saturated heterocycles. The van der Waals surface area contributed by atoms with Crippen molar-refractivity contribution < 1.29 is 14.7 Å². The summed E-state index contributed by atoms with van der Waals surface area (Å²) in [6.07, 6.45) is 1.38. The maximum absolute atomic E-state index is 12.1. The molecule has 1 saturated carbocycles. The number of aliphatic carboxylic acids is 1. The van der Waals surface area contributed by atoms with E-state index < -0.39 is 5.97 Å². The molecule has 0 atom stereocenters. The molecule has 1 spiro atoms. The number of carboxylic acids is 1. The van der Waals surface area contributed by atoms with Crippen molar-refractivity contribution in [2.75, 3.05) is 5.32 Å². The molecule has 6 nitrogen and oxygen atoms in total. The Labute approximate surface area is 139 Å². The van der Waals surface area contributed by atoms with Gasteiger partial charge in [0.15, 0.2) is 5.82 Å². The Morgan fingerprint density at radius 3 is 2.75 bits per heavy atom. The Bertz CT molecular complexity index is 820. The number of nitrogens with zero attached hydrogens (tertiary/aromatic N) is 2. The molecule has 0 bridgehead atoms. The second-order valence-electron chi connectivity index (χ2n) is 6.90. The zero-order chi connectivity index (χ0) is 16.9. The Morgan fingerprint density at radius 1 is 1.38 bits per heavy atom. The first-order valence-corrected chi connectivity index (χ1v) is 8.13. The van der Waals surface area contributed by atoms with E-state index in [1.165, 1.54) is 0 Å². The molecule has 2 N–H and O–H groups in total. The minimum Gasteiger partial charge on any atom is -0.481 e. The van der Waals surface area contributed by atoms with E-state index in [1.807, 2.05) is 41.9 Å². The number of nitrogens with one attached hydrogen (secondary N) is 1. The molecular weight excluding hydrogens is 306 g/mol. The van der Waals surface area contributed by atoms with Gasteiger partial charge in [0, 0.05) is 23.1 Å². The summed E-state index contributed by atoms with van der Waals surface area (Å²) < 4.78 is 1.90. The van der Waals surface area contributed by atoms with Gasteiger partial charge in [-0.3, -0.25) is 14.3 Å². The van der Waals surface area contributed by atoms with E-state index in [1.54, 1.807) is 0 Å². The third-order valence-electron chi connectivity index (χ3n) is 5.29. The lowest BCUT2D eigenvalue weighted by Gasteiger charge is -2.47. The van der Waals surface area contributed by atoms with Crippen LogP contribution in [0.15, 0.2) is 30.3 Å². The van der Waals surface area contributed by atoms with Crippen LogP contribution in [0.2, 0.25) is 0 Å². The number of carbonyl (C=O) groups excluding carboxylic acids is 1. The second-order valence-corrected chi connectivity index (χ2v) is 6.90. The molecule has 2 heterocycles. The van der Waals surface area contributed by atoms with Crippen molar-refractivity contribution in [3.63, 3.8) is 0 Å². The quantitative estimate of drug-likeness (QED) is 0.907. The number of aromatic nitrogens is 2. The van der Waals surface area contributed by atoms with Gasteiger partial charge in [0.2, 0.25) is 5.91 Å². The zero-order valence-corrected chi connectivity index (χ0v) is 13.5. The molecule has 0 radical (unpaired) electrons. The van der Waals surface area contributed by atoms with Gasteiger partial charge in [0.05, 0.1) is 12.5 Å². The van der Waals surface area contributed by atoms with E-state index in [9.17, 15) is 14.7 Å². The van der Waals surface area contributed by atoms with Crippen molar-refractivity contribution in [2.45, 2.75) is 38.1 Å². The monoisotopic (exact) mass is 325 g/mol. The topological polar surface area (TPSA) is 84.2 Å². The number of benzene rings is 1. The molecule has 2 aromatic rings. The summed E-state index contributed by atoms with van der Waals surface area (Å²) in [5.74, 6) is -0.609. The van der Waals surface area contributed by atoms with E-state index in [2.05, 4.69) is 10.4 Å². The van der Waals surface area contributed by atoms with Crippen molar-refractivity contribution in [3.05, 3.63) is 47.2 Å². The third kappa shape index (κ3) is 2.21. The fourth-order valence-corrected chi connectivity index (χ4v) is 4.16. The maximum atomic E-state index is 12.1. The molecule has 2 aliphatic rings. The second kappa shape index (κ2) is 5.19. The number of fused-ring (bicyclic) bond motifs is 2. The van der Waals surface area contributed by atoms with Crippen LogP contribution in [0.1, 0.15) is 36.1 Å². The minimum atomic E-state index is -0.775. The van der Waals surface area contributed by atoms with Crippen LogP contribution >= 0.6 is 0 Å². The molecular formula is C18H19N3O3. The van der Waals surface area contributed by atoms with Crippen LogP contribution in [0.3, 0.4) is 0 Å². The van der Waals surface area contributed by atoms with Gasteiger partial charge in [-0.1, -0.05) is 30.3 Å². The van der Waals surface area contributed by atoms with E-state index in [0.717, 1.165) is 16.8 Å². The van der Waals surface area contributed by atoms with Crippen LogP contribution in [0.4, 0.5) is 5.82 Å². The molecule has 1 aromatic carbocycles. The first kappa shape index (κ1) is 14.9. The van der Waals surface area contributed by atoms with Gasteiger partial charge in [-0.25, -0.2) is 0 Å². The Hall–Kier alpha value is -2.63. The van der Waals surface area contributed by atoms with E-state index >= 15 is 0 Å². The molecule has 124 valence electrons. The van der Waals surface area contributed by atoms with Gasteiger partial charge < -0.3 is 10.4 Å². The van der Waals surface area contributed by atoms with E-state index in [4.69, 9.17) is 0 Å². The lowest BCUT2D eigenvalue weighted by Crippen LogP contribution is -2.49. The highest BCUT2D eigenvalue weighted by Gasteiger charge is 2.54. The highest BCUT2D eigenvalue weighted by atomic mass is 16.4. The molecule has 1 fully saturated rings. The summed E-state index contributed by atoms with van der Waals surface area (Å²) in [6, 6.07) is 10.0. The largest absolute Gasteiger partial charge is 0.481 e. The number of anilines is 1. The Kier molecular flexibility index (Phi) is 3.23. The average Bonchev–Trinajstić information content (AvgIpc) is 2.81. The number of carboxylic acid groups (broad SMARTS) is 1. The fourth-order valence-electron chi connectivity index (χ4n) is 4.16. The Morgan fingerprint density at radius 2 is 2.08 bits per heavy atom. The van der Waals surface area contributed by atoms with Crippen molar-refractivity contribution >= 4 is 17.7 Å². The molecule has 0 unspecified atom stereocenters. The van der Waals surface area contributed by atoms with Crippen molar-refractivity contribution in [3.8, 4) is 0 Å². The third-order valence-corrected chi connectivity index (χ3v) is 5.29. The van der Waals surface area contributed by atoms with Crippen LogP contribution in [-0.4, -0.2) is 26.8 Å². The summed E-state index contributed by atoms with van der Waals surface area (Å²) in [4.78, 5) is 23.3. The van der Waals surface area contributed by atoms with Crippen LogP contribution in [0.25, 0.3) is 0 Å². The number of carbonyl (C=O) groups is 2. The molecule has 1 amide bonds. The van der Waals surface area contributed by atoms with Crippen LogP contribution < -0.4 is 5.32 Å². The van der Waals surface area contributed by atoms with Gasteiger partial charge in [-0.05, 0) is 25.3 Å². The molecule has 6 heteroatoms. The Balaban J connectivity index is 1.70. The predicted molar refractivity (Wildman–Crippen MR) is 87.8 cm³/mol. The van der Waals surface area contributed by atoms with E-state index in [0.29, 0.717) is 31.6 Å². The summed E-state index contributed by atoms with van der Waals surface area (Å²) >= 11 is 0. The zero-order valence-electron chi connectivity index (χ0n) is 13.5. The first-order chi connectivity index (χ1) is 11.5. The molecule has 1 aromatic heterocycles. The number of rotatable bonds is 3. The minimum absolute atomic E-state index is 0.0734. The summed E-state index contributed by atoms with van der Waals surface area (Å²) in [5.41, 5.74) is 2.81. The number of hydrogen-bond acceptors (Lipinski definition) is 3. The number of amides is 1. The number of hydrogen-bond donors (Lipinski definition) is 2. The van der Waals surface area contributed by atoms with Crippen LogP contribution in [-0.2, 0) is 21.5 Å². The summed E-state index contributed by atoms with van der Waals surface area (Å²) in [5, 5.41) is 16.6.